The molecule has 1 aromatic carbocycles. The van der Waals surface area contributed by atoms with Gasteiger partial charge in [-0.2, -0.15) is 0 Å². The average Bonchev–Trinajstić information content (AvgIpc) is 2.64. The van der Waals surface area contributed by atoms with Crippen molar-refractivity contribution in [1.82, 2.24) is 0 Å². The van der Waals surface area contributed by atoms with Crippen molar-refractivity contribution in [1.29, 1.82) is 0 Å². The summed E-state index contributed by atoms with van der Waals surface area (Å²) in [6, 6.07) is 7.56. The first kappa shape index (κ1) is 36.8. The van der Waals surface area contributed by atoms with Crippen molar-refractivity contribution in [3.8, 4) is 5.75 Å². The quantitative estimate of drug-likeness (QED) is 0.603. The van der Waals surface area contributed by atoms with E-state index in [0.29, 0.717) is 6.61 Å². The number of ether oxygens (including phenoxy) is 2. The minimum Gasteiger partial charge on any atom is -0.497 e. The summed E-state index contributed by atoms with van der Waals surface area (Å²) in [5.41, 5.74) is 1.04. The molecule has 12 radical (unpaired) electrons. The molecule has 0 bridgehead atoms. The standard InChI is InChI=1S/C9H10O2.5CO.W/c1-10-7-8-3-5-9(11-2)6-4-8;5*1-2;/h1,3-6H,7H2,2H3;;;;;;. The van der Waals surface area contributed by atoms with Crippen molar-refractivity contribution in [2.45, 2.75) is 6.61 Å². The van der Waals surface area contributed by atoms with Crippen LogP contribution in [0, 0.1) is 7.11 Å². The maximum atomic E-state index is 7.50. The normalized spacial score (nSPS) is 5.73. The van der Waals surface area contributed by atoms with E-state index in [1.54, 1.807) is 7.11 Å². The minimum atomic E-state index is 0. The largest absolute Gasteiger partial charge is 0.497 e. The molecule has 1 rings (SSSR count). The van der Waals surface area contributed by atoms with Crippen LogP contribution in [0.15, 0.2) is 24.3 Å². The summed E-state index contributed by atoms with van der Waals surface area (Å²) >= 11 is 0. The second-order valence-corrected chi connectivity index (χ2v) is 2.16. The first-order chi connectivity index (χ1) is 10.4. The molecule has 0 aliphatic heterocycles. The van der Waals surface area contributed by atoms with Crippen LogP contribution in [0.3, 0.4) is 0 Å². The molecular formula is C14H10O7W. The fourth-order valence-corrected chi connectivity index (χ4v) is 0.818. The summed E-state index contributed by atoms with van der Waals surface area (Å²) in [4.78, 5) is 37.5. The van der Waals surface area contributed by atoms with E-state index in [-0.39, 0.29) is 21.1 Å². The van der Waals surface area contributed by atoms with Gasteiger partial charge in [0.2, 0.25) is 0 Å². The van der Waals surface area contributed by atoms with E-state index in [0.717, 1.165) is 11.3 Å². The van der Waals surface area contributed by atoms with Gasteiger partial charge in [0.05, 0.1) is 13.7 Å². The molecule has 0 aliphatic rings. The van der Waals surface area contributed by atoms with E-state index in [9.17, 15) is 0 Å². The molecule has 0 spiro atoms. The van der Waals surface area contributed by atoms with Crippen LogP contribution in [0.5, 0.6) is 5.75 Å². The predicted octanol–water partition coefficient (Wildman–Crippen LogP) is -0.108. The average molecular weight is 474 g/mol. The fraction of sp³-hybridized carbons (Fsp3) is 0.143. The molecule has 22 heavy (non-hydrogen) atoms. The number of methoxy groups -OCH3 is 1. The molecule has 0 fully saturated rings. The van der Waals surface area contributed by atoms with E-state index >= 15 is 0 Å². The number of hydrogen-bond donors (Lipinski definition) is 0. The molecule has 114 valence electrons. The molecule has 0 aromatic heterocycles. The van der Waals surface area contributed by atoms with Gasteiger partial charge in [-0.15, -0.1) is 0 Å². The Hall–Kier alpha value is -1.98. The number of hydrogen-bond acceptors (Lipinski definition) is 7. The summed E-state index contributed by atoms with van der Waals surface area (Å²) in [5.74, 6) is 0.839. The van der Waals surface area contributed by atoms with Crippen LogP contribution < -0.4 is 4.74 Å². The Morgan fingerprint density at radius 1 is 0.818 bits per heavy atom. The summed E-state index contributed by atoms with van der Waals surface area (Å²) in [7, 11) is 6.53. The van der Waals surface area contributed by atoms with E-state index in [4.69, 9.17) is 35.8 Å². The molecule has 0 amide bonds. The first-order valence-corrected chi connectivity index (χ1v) is 4.33. The Morgan fingerprint density at radius 2 is 1.14 bits per heavy atom. The zero-order chi connectivity index (χ0) is 18.1. The topological polar surface area (TPSA) is 104 Å². The Bertz CT molecular complexity index is 271. The maximum Gasteiger partial charge on any atom is 0.281 e. The molecule has 0 N–H and O–H groups in total. The molecule has 7 nitrogen and oxygen atoms in total. The number of rotatable bonds is 3. The van der Waals surface area contributed by atoms with Crippen LogP contribution >= 0.6 is 0 Å². The molecule has 0 saturated carbocycles. The first-order valence-electron chi connectivity index (χ1n) is 4.33. The fourth-order valence-electron chi connectivity index (χ4n) is 0.818. The van der Waals surface area contributed by atoms with Crippen molar-refractivity contribution in [3.05, 3.63) is 36.9 Å². The van der Waals surface area contributed by atoms with Gasteiger partial charge < -0.3 is 9.47 Å². The van der Waals surface area contributed by atoms with E-state index in [2.05, 4.69) is 38.7 Å². The Morgan fingerprint density at radius 3 is 1.36 bits per heavy atom. The second kappa shape index (κ2) is 50.9. The number of carbonyl (C=O) groups excluding carboxylic acids is 5. The van der Waals surface area contributed by atoms with Crippen LogP contribution in [0.25, 0.3) is 0 Å². The Balaban J connectivity index is -0.0000000500. The molecule has 0 heterocycles. The third-order valence-electron chi connectivity index (χ3n) is 1.41. The molecule has 0 aliphatic carbocycles. The van der Waals surface area contributed by atoms with Crippen molar-refractivity contribution in [2.24, 2.45) is 0 Å². The Labute approximate surface area is 145 Å². The van der Waals surface area contributed by atoms with Gasteiger partial charge in [0.1, 0.15) is 12.9 Å². The number of benzene rings is 1. The molecule has 8 heteroatoms. The van der Waals surface area contributed by atoms with E-state index in [1.807, 2.05) is 24.3 Å². The zero-order valence-corrected chi connectivity index (χ0v) is 14.3. The smallest absolute Gasteiger partial charge is 0.281 e. The second-order valence-electron chi connectivity index (χ2n) is 2.16. The van der Waals surface area contributed by atoms with Crippen LogP contribution in [0.2, 0.25) is 0 Å². The van der Waals surface area contributed by atoms with Gasteiger partial charge in [-0.25, -0.2) is 0 Å². The third-order valence-corrected chi connectivity index (χ3v) is 1.41. The molecule has 1 aromatic rings. The van der Waals surface area contributed by atoms with E-state index < -0.39 is 0 Å². The van der Waals surface area contributed by atoms with Crippen molar-refractivity contribution >= 4 is 33.9 Å². The van der Waals surface area contributed by atoms with Gasteiger partial charge in [0, 0.05) is 21.1 Å². The minimum absolute atomic E-state index is 0. The van der Waals surface area contributed by atoms with Crippen LogP contribution in [0.1, 0.15) is 5.56 Å². The van der Waals surface area contributed by atoms with E-state index in [1.165, 1.54) is 0 Å². The van der Waals surface area contributed by atoms with Gasteiger partial charge in [0.25, 0.3) is 33.9 Å². The summed E-state index contributed by atoms with van der Waals surface area (Å²) in [5, 5.41) is 0. The van der Waals surface area contributed by atoms with Gasteiger partial charge in [-0.3, -0.25) is 24.0 Å². The third kappa shape index (κ3) is 30.8. The zero-order valence-electron chi connectivity index (χ0n) is 11.4. The molecular weight excluding hydrogens is 464 g/mol. The molecule has 0 atom stereocenters. The Kier molecular flexibility index (Phi) is 85.2. The summed E-state index contributed by atoms with van der Waals surface area (Å²) in [6.45, 7) is 22.9. The monoisotopic (exact) mass is 474 g/mol. The van der Waals surface area contributed by atoms with Gasteiger partial charge in [-0.05, 0) is 17.7 Å². The van der Waals surface area contributed by atoms with Gasteiger partial charge >= 0.3 is 0 Å². The van der Waals surface area contributed by atoms with Crippen molar-refractivity contribution in [3.63, 3.8) is 0 Å². The van der Waals surface area contributed by atoms with Crippen LogP contribution in [-0.4, -0.2) is 41.1 Å². The maximum absolute atomic E-state index is 7.50. The predicted molar refractivity (Wildman–Crippen MR) is 70.6 cm³/mol. The van der Waals surface area contributed by atoms with Gasteiger partial charge in [-0.1, -0.05) is 12.1 Å². The van der Waals surface area contributed by atoms with Crippen LogP contribution in [-0.2, 0) is 56.4 Å². The SMILES string of the molecule is [CH]OCc1ccc(OC)cc1.[C]=O.[C]=O.[C]=O.[C]=O.[C]=O.[W]. The van der Waals surface area contributed by atoms with Crippen LogP contribution in [0.4, 0.5) is 0 Å². The molecule has 0 saturated heterocycles. The summed E-state index contributed by atoms with van der Waals surface area (Å²) in [6.07, 6.45) is 0. The van der Waals surface area contributed by atoms with Crippen molar-refractivity contribution < 1.29 is 54.5 Å². The van der Waals surface area contributed by atoms with Crippen molar-refractivity contribution in [2.75, 3.05) is 7.11 Å². The van der Waals surface area contributed by atoms with Gasteiger partial charge in [0.15, 0.2) is 0 Å². The summed E-state index contributed by atoms with van der Waals surface area (Å²) < 4.78 is 9.44. The molecule has 0 unspecified atom stereocenters.